The van der Waals surface area contributed by atoms with Crippen molar-refractivity contribution >= 4 is 5.82 Å². The lowest BCUT2D eigenvalue weighted by Crippen LogP contribution is -2.09. The minimum absolute atomic E-state index is 0.268. The van der Waals surface area contributed by atoms with Gasteiger partial charge in [-0.15, -0.1) is 0 Å². The van der Waals surface area contributed by atoms with Gasteiger partial charge in [0.15, 0.2) is 0 Å². The molecule has 0 amide bonds. The Balaban J connectivity index is 2.47. The van der Waals surface area contributed by atoms with E-state index in [0.29, 0.717) is 11.8 Å². The molecule has 1 rings (SSSR count). The van der Waals surface area contributed by atoms with E-state index < -0.39 is 0 Å². The summed E-state index contributed by atoms with van der Waals surface area (Å²) in [7, 11) is 0. The van der Waals surface area contributed by atoms with Crippen LogP contribution in [0.2, 0.25) is 0 Å². The third-order valence-electron chi connectivity index (χ3n) is 2.88. The van der Waals surface area contributed by atoms with Gasteiger partial charge in [-0.2, -0.15) is 0 Å². The van der Waals surface area contributed by atoms with Crippen LogP contribution in [0.25, 0.3) is 0 Å². The number of anilines is 1. The third kappa shape index (κ3) is 5.00. The van der Waals surface area contributed by atoms with Gasteiger partial charge in [0.05, 0.1) is 0 Å². The maximum Gasteiger partial charge on any atom is 0.133 e. The Kier molecular flexibility index (Phi) is 6.05. The van der Waals surface area contributed by atoms with Crippen LogP contribution in [-0.4, -0.2) is 28.2 Å². The Morgan fingerprint density at radius 3 is 2.61 bits per heavy atom. The molecule has 2 N–H and O–H groups in total. The van der Waals surface area contributed by atoms with Crippen molar-refractivity contribution in [2.75, 3.05) is 18.5 Å². The number of hydrogen-bond acceptors (Lipinski definition) is 4. The highest BCUT2D eigenvalue weighted by molar-refractivity contribution is 5.36. The molecule has 0 aliphatic rings. The number of nitrogens with one attached hydrogen (secondary N) is 1. The Hall–Kier alpha value is -1.16. The fraction of sp³-hybridized carbons (Fsp3) is 0.714. The van der Waals surface area contributed by atoms with Gasteiger partial charge in [-0.05, 0) is 25.7 Å². The van der Waals surface area contributed by atoms with Crippen LogP contribution in [0.1, 0.15) is 51.0 Å². The van der Waals surface area contributed by atoms with E-state index in [1.165, 1.54) is 0 Å². The van der Waals surface area contributed by atoms with Crippen LogP contribution < -0.4 is 5.32 Å². The molecule has 1 aromatic heterocycles. The minimum Gasteiger partial charge on any atom is -0.396 e. The van der Waals surface area contributed by atoms with Crippen LogP contribution >= 0.6 is 0 Å². The van der Waals surface area contributed by atoms with Crippen molar-refractivity contribution in [2.45, 2.75) is 46.5 Å². The Morgan fingerprint density at radius 2 is 2.00 bits per heavy atom. The summed E-state index contributed by atoms with van der Waals surface area (Å²) in [5.41, 5.74) is 1.000. The van der Waals surface area contributed by atoms with Gasteiger partial charge in [0, 0.05) is 30.8 Å². The lowest BCUT2D eigenvalue weighted by molar-refractivity contribution is 0.229. The van der Waals surface area contributed by atoms with Crippen LogP contribution in [0.15, 0.2) is 6.07 Å². The Labute approximate surface area is 110 Å². The molecule has 1 atom stereocenters. The summed E-state index contributed by atoms with van der Waals surface area (Å²) in [6.45, 7) is 9.41. The average molecular weight is 251 g/mol. The maximum absolute atomic E-state index is 8.94. The second kappa shape index (κ2) is 7.31. The number of aromatic nitrogens is 2. The molecule has 1 aromatic rings. The summed E-state index contributed by atoms with van der Waals surface area (Å²) < 4.78 is 0. The van der Waals surface area contributed by atoms with Crippen molar-refractivity contribution in [3.63, 3.8) is 0 Å². The van der Waals surface area contributed by atoms with Crippen molar-refractivity contribution in [3.8, 4) is 0 Å². The topological polar surface area (TPSA) is 58.0 Å². The number of aliphatic hydroxyl groups excluding tert-OH is 1. The Morgan fingerprint density at radius 1 is 1.28 bits per heavy atom. The van der Waals surface area contributed by atoms with Crippen molar-refractivity contribution in [1.29, 1.82) is 0 Å². The van der Waals surface area contributed by atoms with Crippen LogP contribution in [0.5, 0.6) is 0 Å². The molecule has 18 heavy (non-hydrogen) atoms. The van der Waals surface area contributed by atoms with Gasteiger partial charge in [-0.3, -0.25) is 0 Å². The van der Waals surface area contributed by atoms with Gasteiger partial charge in [-0.1, -0.05) is 20.8 Å². The van der Waals surface area contributed by atoms with E-state index in [2.05, 4.69) is 36.1 Å². The molecule has 1 heterocycles. The zero-order valence-electron chi connectivity index (χ0n) is 11.9. The van der Waals surface area contributed by atoms with Crippen LogP contribution in [-0.2, 0) is 0 Å². The summed E-state index contributed by atoms with van der Waals surface area (Å²) in [5.74, 6) is 2.52. The van der Waals surface area contributed by atoms with Crippen molar-refractivity contribution < 1.29 is 5.11 Å². The van der Waals surface area contributed by atoms with Crippen molar-refractivity contribution in [1.82, 2.24) is 9.97 Å². The number of aliphatic hydroxyl groups is 1. The quantitative estimate of drug-likeness (QED) is 0.732. The summed E-state index contributed by atoms with van der Waals surface area (Å²) in [5, 5.41) is 12.3. The second-order valence-electron chi connectivity index (χ2n) is 5.26. The van der Waals surface area contributed by atoms with E-state index in [9.17, 15) is 0 Å². The molecule has 4 nitrogen and oxygen atoms in total. The van der Waals surface area contributed by atoms with Crippen LogP contribution in [0.4, 0.5) is 5.82 Å². The fourth-order valence-corrected chi connectivity index (χ4v) is 1.70. The normalized spacial score (nSPS) is 12.8. The summed E-state index contributed by atoms with van der Waals surface area (Å²) in [6, 6.07) is 1.97. The molecule has 102 valence electrons. The highest BCUT2D eigenvalue weighted by atomic mass is 16.3. The number of aryl methyl sites for hydroxylation is 1. The first kappa shape index (κ1) is 14.9. The zero-order valence-corrected chi connectivity index (χ0v) is 11.9. The third-order valence-corrected chi connectivity index (χ3v) is 2.88. The van der Waals surface area contributed by atoms with E-state index in [4.69, 9.17) is 5.11 Å². The second-order valence-corrected chi connectivity index (χ2v) is 5.26. The summed E-state index contributed by atoms with van der Waals surface area (Å²) in [6.07, 6.45) is 2.08. The average Bonchev–Trinajstić information content (AvgIpc) is 2.33. The van der Waals surface area contributed by atoms with E-state index in [1.807, 2.05) is 13.0 Å². The first-order valence-corrected chi connectivity index (χ1v) is 6.73. The summed E-state index contributed by atoms with van der Waals surface area (Å²) in [4.78, 5) is 8.92. The smallest absolute Gasteiger partial charge is 0.133 e. The van der Waals surface area contributed by atoms with Gasteiger partial charge >= 0.3 is 0 Å². The zero-order chi connectivity index (χ0) is 13.5. The van der Waals surface area contributed by atoms with Gasteiger partial charge in [0.25, 0.3) is 0 Å². The van der Waals surface area contributed by atoms with Crippen molar-refractivity contribution in [3.05, 3.63) is 17.6 Å². The molecule has 1 unspecified atom stereocenters. The standard InChI is InChI=1S/C14H25N3O/c1-10(2)14-16-12(4)8-13(17-14)15-7-5-6-11(3)9-18/h8,10-11,18H,5-7,9H2,1-4H3,(H,15,16,17). The van der Waals surface area contributed by atoms with Crippen LogP contribution in [0.3, 0.4) is 0 Å². The molecular formula is C14H25N3O. The number of nitrogens with zero attached hydrogens (tertiary/aromatic N) is 2. The lowest BCUT2D eigenvalue weighted by atomic mass is 10.1. The lowest BCUT2D eigenvalue weighted by Gasteiger charge is -2.11. The first-order chi connectivity index (χ1) is 8.52. The van der Waals surface area contributed by atoms with Crippen LogP contribution in [0, 0.1) is 12.8 Å². The van der Waals surface area contributed by atoms with E-state index in [0.717, 1.165) is 36.7 Å². The van der Waals surface area contributed by atoms with Gasteiger partial charge in [-0.25, -0.2) is 9.97 Å². The largest absolute Gasteiger partial charge is 0.396 e. The molecule has 0 aliphatic carbocycles. The van der Waals surface area contributed by atoms with E-state index in [1.54, 1.807) is 0 Å². The molecule has 0 saturated carbocycles. The van der Waals surface area contributed by atoms with Gasteiger partial charge in [0.1, 0.15) is 11.6 Å². The van der Waals surface area contributed by atoms with Gasteiger partial charge < -0.3 is 10.4 Å². The van der Waals surface area contributed by atoms with Gasteiger partial charge in [0.2, 0.25) is 0 Å². The molecule has 4 heteroatoms. The monoisotopic (exact) mass is 251 g/mol. The highest BCUT2D eigenvalue weighted by Gasteiger charge is 2.06. The molecule has 0 spiro atoms. The molecule has 0 aromatic carbocycles. The van der Waals surface area contributed by atoms with Crippen molar-refractivity contribution in [2.24, 2.45) is 5.92 Å². The fourth-order valence-electron chi connectivity index (χ4n) is 1.70. The molecule has 0 fully saturated rings. The predicted octanol–water partition coefficient (Wildman–Crippen LogP) is 2.73. The Bertz CT molecular complexity index is 366. The number of hydrogen-bond donors (Lipinski definition) is 2. The van der Waals surface area contributed by atoms with E-state index >= 15 is 0 Å². The SMILES string of the molecule is Cc1cc(NCCCC(C)CO)nc(C(C)C)n1. The predicted molar refractivity (Wildman–Crippen MR) is 74.8 cm³/mol. The molecule has 0 bridgehead atoms. The molecule has 0 saturated heterocycles. The number of rotatable bonds is 7. The maximum atomic E-state index is 8.94. The first-order valence-electron chi connectivity index (χ1n) is 6.73. The minimum atomic E-state index is 0.268. The molecule has 0 aliphatic heterocycles. The van der Waals surface area contributed by atoms with E-state index in [-0.39, 0.29) is 6.61 Å². The molecular weight excluding hydrogens is 226 g/mol. The molecule has 0 radical (unpaired) electrons. The summed E-state index contributed by atoms with van der Waals surface area (Å²) >= 11 is 0. The highest BCUT2D eigenvalue weighted by Crippen LogP contribution is 2.14.